The molecular weight excluding hydrogens is 206 g/mol. The number of alkyl halides is 1. The molecule has 1 rings (SSSR count). The van der Waals surface area contributed by atoms with Crippen molar-refractivity contribution in [2.75, 3.05) is 25.5 Å². The van der Waals surface area contributed by atoms with Gasteiger partial charge in [-0.3, -0.25) is 0 Å². The maximum Gasteiger partial charge on any atom is 0.0223 e. The van der Waals surface area contributed by atoms with Crippen molar-refractivity contribution in [3.63, 3.8) is 0 Å². The summed E-state index contributed by atoms with van der Waals surface area (Å²) in [6.07, 6.45) is 7.94. The van der Waals surface area contributed by atoms with Gasteiger partial charge in [0.1, 0.15) is 0 Å². The van der Waals surface area contributed by atoms with Crippen LogP contribution in [0.2, 0.25) is 0 Å². The molecular formula is C13H26ClN. The van der Waals surface area contributed by atoms with Gasteiger partial charge >= 0.3 is 0 Å². The van der Waals surface area contributed by atoms with Crippen LogP contribution in [0.3, 0.4) is 0 Å². The first kappa shape index (κ1) is 13.3. The topological polar surface area (TPSA) is 3.24 Å². The van der Waals surface area contributed by atoms with Crippen molar-refractivity contribution in [2.24, 2.45) is 5.41 Å². The number of hydrogen-bond acceptors (Lipinski definition) is 1. The minimum atomic E-state index is 0.574. The highest BCUT2D eigenvalue weighted by atomic mass is 35.5. The highest BCUT2D eigenvalue weighted by Crippen LogP contribution is 2.29. The fraction of sp³-hybridized carbons (Fsp3) is 1.00. The first-order valence-electron chi connectivity index (χ1n) is 6.42. The molecule has 1 aliphatic rings. The highest BCUT2D eigenvalue weighted by molar-refractivity contribution is 6.17. The first-order valence-corrected chi connectivity index (χ1v) is 6.96. The summed E-state index contributed by atoms with van der Waals surface area (Å²) in [5.74, 6) is 0.826. The number of rotatable bonds is 5. The maximum absolute atomic E-state index is 5.67. The maximum atomic E-state index is 5.67. The molecule has 0 aromatic rings. The van der Waals surface area contributed by atoms with E-state index >= 15 is 0 Å². The van der Waals surface area contributed by atoms with Crippen molar-refractivity contribution in [2.45, 2.75) is 52.4 Å². The van der Waals surface area contributed by atoms with Gasteiger partial charge in [0.25, 0.3) is 0 Å². The number of nitrogens with zero attached hydrogens (tertiary/aromatic N) is 1. The summed E-state index contributed by atoms with van der Waals surface area (Å²) >= 11 is 5.67. The third-order valence-corrected chi connectivity index (χ3v) is 3.81. The van der Waals surface area contributed by atoms with Gasteiger partial charge in [-0.1, -0.05) is 20.3 Å². The van der Waals surface area contributed by atoms with Gasteiger partial charge in [-0.05, 0) is 57.2 Å². The number of hydrogen-bond donors (Lipinski definition) is 0. The largest absolute Gasteiger partial charge is 0.303 e. The first-order chi connectivity index (χ1) is 7.14. The minimum Gasteiger partial charge on any atom is -0.303 e. The fourth-order valence-corrected chi connectivity index (χ4v) is 2.50. The van der Waals surface area contributed by atoms with Gasteiger partial charge in [0, 0.05) is 5.88 Å². The SMILES string of the molecule is CC1(C)CCCN(CCCCCCl)CC1. The summed E-state index contributed by atoms with van der Waals surface area (Å²) < 4.78 is 0. The Bertz CT molecular complexity index is 168. The molecule has 0 unspecified atom stereocenters. The van der Waals surface area contributed by atoms with Crippen molar-refractivity contribution in [3.8, 4) is 0 Å². The lowest BCUT2D eigenvalue weighted by Gasteiger charge is -2.23. The monoisotopic (exact) mass is 231 g/mol. The minimum absolute atomic E-state index is 0.574. The van der Waals surface area contributed by atoms with Gasteiger partial charge in [0.2, 0.25) is 0 Å². The molecule has 1 saturated heterocycles. The van der Waals surface area contributed by atoms with Crippen molar-refractivity contribution < 1.29 is 0 Å². The summed E-state index contributed by atoms with van der Waals surface area (Å²) in [7, 11) is 0. The number of unbranched alkanes of at least 4 members (excludes halogenated alkanes) is 2. The molecule has 0 atom stereocenters. The van der Waals surface area contributed by atoms with Crippen LogP contribution in [0.4, 0.5) is 0 Å². The van der Waals surface area contributed by atoms with Gasteiger partial charge in [0.05, 0.1) is 0 Å². The van der Waals surface area contributed by atoms with Gasteiger partial charge in [-0.2, -0.15) is 0 Å². The van der Waals surface area contributed by atoms with Crippen LogP contribution in [-0.2, 0) is 0 Å². The van der Waals surface area contributed by atoms with Gasteiger partial charge in [0.15, 0.2) is 0 Å². The van der Waals surface area contributed by atoms with Crippen LogP contribution in [0, 0.1) is 5.41 Å². The Labute approximate surface area is 100 Å². The quantitative estimate of drug-likeness (QED) is 0.512. The molecule has 1 fully saturated rings. The predicted octanol–water partition coefficient (Wildman–Crippen LogP) is 3.91. The van der Waals surface area contributed by atoms with Crippen LogP contribution in [0.15, 0.2) is 0 Å². The fourth-order valence-electron chi connectivity index (χ4n) is 2.31. The van der Waals surface area contributed by atoms with Crippen molar-refractivity contribution in [1.29, 1.82) is 0 Å². The molecule has 2 heteroatoms. The Balaban J connectivity index is 2.14. The number of halogens is 1. The van der Waals surface area contributed by atoms with E-state index < -0.39 is 0 Å². The van der Waals surface area contributed by atoms with E-state index in [1.165, 1.54) is 58.2 Å². The average Bonchev–Trinajstić information content (AvgIpc) is 2.35. The molecule has 1 aliphatic heterocycles. The summed E-state index contributed by atoms with van der Waals surface area (Å²) in [5.41, 5.74) is 0.574. The molecule has 15 heavy (non-hydrogen) atoms. The zero-order valence-electron chi connectivity index (χ0n) is 10.4. The summed E-state index contributed by atoms with van der Waals surface area (Å²) in [6, 6.07) is 0. The average molecular weight is 232 g/mol. The molecule has 0 spiro atoms. The standard InChI is InChI=1S/C13H26ClN/c1-13(2)7-6-11-15(12-8-13)10-5-3-4-9-14/h3-12H2,1-2H3. The molecule has 0 N–H and O–H groups in total. The lowest BCUT2D eigenvalue weighted by atomic mass is 9.85. The molecule has 0 saturated carbocycles. The Hall–Kier alpha value is 0.250. The molecule has 90 valence electrons. The third kappa shape index (κ3) is 5.77. The van der Waals surface area contributed by atoms with E-state index in [-0.39, 0.29) is 0 Å². The molecule has 0 radical (unpaired) electrons. The zero-order valence-corrected chi connectivity index (χ0v) is 11.2. The van der Waals surface area contributed by atoms with Crippen LogP contribution in [0.25, 0.3) is 0 Å². The number of likely N-dealkylation sites (tertiary alicyclic amines) is 1. The lowest BCUT2D eigenvalue weighted by molar-refractivity contribution is 0.258. The second-order valence-corrected chi connectivity index (χ2v) is 5.99. The van der Waals surface area contributed by atoms with Crippen LogP contribution in [0.5, 0.6) is 0 Å². The third-order valence-electron chi connectivity index (χ3n) is 3.54. The zero-order chi connectivity index (χ0) is 11.1. The van der Waals surface area contributed by atoms with E-state index in [4.69, 9.17) is 11.6 Å². The molecule has 0 aromatic carbocycles. The molecule has 1 heterocycles. The van der Waals surface area contributed by atoms with Gasteiger partial charge in [-0.15, -0.1) is 11.6 Å². The van der Waals surface area contributed by atoms with Gasteiger partial charge in [-0.25, -0.2) is 0 Å². The summed E-state index contributed by atoms with van der Waals surface area (Å²) in [5, 5.41) is 0. The Morgan fingerprint density at radius 3 is 2.60 bits per heavy atom. The van der Waals surface area contributed by atoms with Crippen molar-refractivity contribution in [3.05, 3.63) is 0 Å². The van der Waals surface area contributed by atoms with Crippen molar-refractivity contribution in [1.82, 2.24) is 4.90 Å². The van der Waals surface area contributed by atoms with E-state index in [1.54, 1.807) is 0 Å². The molecule has 0 bridgehead atoms. The molecule has 0 aromatic heterocycles. The second kappa shape index (κ2) is 6.75. The second-order valence-electron chi connectivity index (χ2n) is 5.61. The summed E-state index contributed by atoms with van der Waals surface area (Å²) in [4.78, 5) is 2.64. The van der Waals surface area contributed by atoms with E-state index in [0.717, 1.165) is 5.88 Å². The molecule has 1 nitrogen and oxygen atoms in total. The Morgan fingerprint density at radius 1 is 1.07 bits per heavy atom. The Morgan fingerprint density at radius 2 is 1.87 bits per heavy atom. The molecule has 0 aliphatic carbocycles. The van der Waals surface area contributed by atoms with E-state index in [2.05, 4.69) is 18.7 Å². The van der Waals surface area contributed by atoms with Crippen LogP contribution >= 0.6 is 11.6 Å². The van der Waals surface area contributed by atoms with Crippen LogP contribution in [-0.4, -0.2) is 30.4 Å². The van der Waals surface area contributed by atoms with E-state index in [1.807, 2.05) is 0 Å². The Kier molecular flexibility index (Phi) is 5.99. The summed E-state index contributed by atoms with van der Waals surface area (Å²) in [6.45, 7) is 8.71. The van der Waals surface area contributed by atoms with Crippen LogP contribution < -0.4 is 0 Å². The normalized spacial score (nSPS) is 22.6. The van der Waals surface area contributed by atoms with Crippen molar-refractivity contribution >= 4 is 11.6 Å². The highest BCUT2D eigenvalue weighted by Gasteiger charge is 2.22. The van der Waals surface area contributed by atoms with Gasteiger partial charge < -0.3 is 4.90 Å². The van der Waals surface area contributed by atoms with Crippen LogP contribution in [0.1, 0.15) is 52.4 Å². The van der Waals surface area contributed by atoms with E-state index in [0.29, 0.717) is 5.41 Å². The predicted molar refractivity (Wildman–Crippen MR) is 68.6 cm³/mol. The molecule has 0 amide bonds. The van der Waals surface area contributed by atoms with E-state index in [9.17, 15) is 0 Å². The lowest BCUT2D eigenvalue weighted by Crippen LogP contribution is -2.26. The smallest absolute Gasteiger partial charge is 0.0223 e.